The average molecular weight is 667 g/mol. The van der Waals surface area contributed by atoms with E-state index in [0.717, 1.165) is 24.0 Å². The summed E-state index contributed by atoms with van der Waals surface area (Å²) in [5, 5.41) is 2.29. The van der Waals surface area contributed by atoms with Crippen molar-refractivity contribution in [2.45, 2.75) is 129 Å². The number of hydrogen-bond acceptors (Lipinski definition) is 6. The number of rotatable bonds is 32. The van der Waals surface area contributed by atoms with Crippen LogP contribution in [0.4, 0.5) is 0 Å². The summed E-state index contributed by atoms with van der Waals surface area (Å²) in [6.45, 7) is 4.29. The van der Waals surface area contributed by atoms with Crippen LogP contribution >= 0.6 is 7.82 Å². The van der Waals surface area contributed by atoms with Crippen molar-refractivity contribution < 1.29 is 37.8 Å². The largest absolute Gasteiger partial charge is 0.487 e. The first-order valence-electron chi connectivity index (χ1n) is 18.1. The Hall–Kier alpha value is -1.51. The maximum atomic E-state index is 10.6. The highest BCUT2D eigenvalue weighted by Gasteiger charge is 2.14. The Bertz CT molecular complexity index is 1020. The zero-order chi connectivity index (χ0) is 33.0. The fourth-order valence-corrected chi connectivity index (χ4v) is 5.93. The number of hydrogen-bond donors (Lipinski definition) is 2. The lowest BCUT2D eigenvalue weighted by atomic mass is 10.0. The van der Waals surface area contributed by atoms with E-state index in [9.17, 15) is 4.57 Å². The van der Waals surface area contributed by atoms with Crippen LogP contribution in [0, 0.1) is 0 Å². The number of ether oxygens (including phenoxy) is 4. The van der Waals surface area contributed by atoms with Crippen LogP contribution < -0.4 is 4.74 Å². The van der Waals surface area contributed by atoms with Crippen LogP contribution in [0.1, 0.15) is 122 Å². The van der Waals surface area contributed by atoms with Crippen molar-refractivity contribution in [2.24, 2.45) is 0 Å². The molecule has 0 aromatic heterocycles. The standard InChI is InChI=1S/C37H63O8P/c1-2-3-4-5-6-7-8-9-10-11-12-13-14-15-16-17-18-24-35(45-37-26-21-23-34-22-19-20-25-36(34)37)33-43-30-29-41-27-28-42-31-32-44-46(38,39)40/h19-23,25-26,35H,2-18,24,27-33H2,1H3,(H2,38,39,40). The highest BCUT2D eigenvalue weighted by Crippen LogP contribution is 2.35. The van der Waals surface area contributed by atoms with Crippen LogP contribution in [0.3, 0.4) is 0 Å². The van der Waals surface area contributed by atoms with Crippen molar-refractivity contribution >= 4 is 18.6 Å². The van der Waals surface area contributed by atoms with Crippen LogP contribution in [0.25, 0.3) is 10.8 Å². The summed E-state index contributed by atoms with van der Waals surface area (Å²) < 4.78 is 38.2. The lowest BCUT2D eigenvalue weighted by Crippen LogP contribution is -2.24. The molecule has 9 heteroatoms. The number of benzene rings is 2. The third-order valence-corrected chi connectivity index (χ3v) is 8.73. The van der Waals surface area contributed by atoms with Gasteiger partial charge >= 0.3 is 7.82 Å². The molecule has 2 aromatic rings. The molecule has 0 amide bonds. The van der Waals surface area contributed by atoms with Crippen molar-refractivity contribution in [3.05, 3.63) is 42.5 Å². The monoisotopic (exact) mass is 666 g/mol. The molecule has 0 bridgehead atoms. The Morgan fingerprint density at radius 2 is 1.07 bits per heavy atom. The Morgan fingerprint density at radius 1 is 0.587 bits per heavy atom. The maximum Gasteiger partial charge on any atom is 0.469 e. The van der Waals surface area contributed by atoms with Crippen molar-refractivity contribution in [3.8, 4) is 5.75 Å². The van der Waals surface area contributed by atoms with E-state index in [4.69, 9.17) is 28.7 Å². The van der Waals surface area contributed by atoms with E-state index in [1.165, 1.54) is 108 Å². The first-order chi connectivity index (χ1) is 22.5. The van der Waals surface area contributed by atoms with E-state index >= 15 is 0 Å². The molecule has 0 aliphatic carbocycles. The first-order valence-corrected chi connectivity index (χ1v) is 19.6. The van der Waals surface area contributed by atoms with E-state index < -0.39 is 7.82 Å². The molecule has 0 spiro atoms. The SMILES string of the molecule is CCCCCCCCCCCCCCCCCCCC(COCCOCCOCCOP(=O)(O)O)Oc1cccc2ccccc12. The van der Waals surface area contributed by atoms with Gasteiger partial charge in [0.05, 0.1) is 46.2 Å². The van der Waals surface area contributed by atoms with Gasteiger partial charge in [-0.05, 0) is 24.3 Å². The van der Waals surface area contributed by atoms with Gasteiger partial charge in [-0.2, -0.15) is 0 Å². The minimum atomic E-state index is -4.45. The van der Waals surface area contributed by atoms with Crippen molar-refractivity contribution in [2.75, 3.05) is 46.2 Å². The summed E-state index contributed by atoms with van der Waals surface area (Å²) in [4.78, 5) is 17.3. The maximum absolute atomic E-state index is 10.6. The molecular weight excluding hydrogens is 603 g/mol. The van der Waals surface area contributed by atoms with Gasteiger partial charge in [0.2, 0.25) is 0 Å². The third kappa shape index (κ3) is 22.1. The quantitative estimate of drug-likeness (QED) is 0.0588. The summed E-state index contributed by atoms with van der Waals surface area (Å²) in [6, 6.07) is 14.5. The van der Waals surface area contributed by atoms with Gasteiger partial charge in [0.25, 0.3) is 0 Å². The van der Waals surface area contributed by atoms with E-state index in [2.05, 4.69) is 29.6 Å². The highest BCUT2D eigenvalue weighted by atomic mass is 31.2. The van der Waals surface area contributed by atoms with Crippen molar-refractivity contribution in [1.82, 2.24) is 0 Å². The first kappa shape index (κ1) is 40.7. The average Bonchev–Trinajstić information content (AvgIpc) is 3.04. The van der Waals surface area contributed by atoms with Crippen molar-refractivity contribution in [1.29, 1.82) is 0 Å². The van der Waals surface area contributed by atoms with Gasteiger partial charge in [0, 0.05) is 5.39 Å². The highest BCUT2D eigenvalue weighted by molar-refractivity contribution is 7.46. The van der Waals surface area contributed by atoms with E-state index in [1.54, 1.807) is 0 Å². The lowest BCUT2D eigenvalue weighted by molar-refractivity contribution is -0.00935. The van der Waals surface area contributed by atoms with Crippen LogP contribution in [0.15, 0.2) is 42.5 Å². The Morgan fingerprint density at radius 3 is 1.63 bits per heavy atom. The van der Waals surface area contributed by atoms with Crippen LogP contribution in [-0.2, 0) is 23.3 Å². The molecule has 0 aliphatic heterocycles. The number of unbranched alkanes of at least 4 members (excludes halogenated alkanes) is 16. The molecule has 2 rings (SSSR count). The summed E-state index contributed by atoms with van der Waals surface area (Å²) >= 11 is 0. The molecule has 0 heterocycles. The van der Waals surface area contributed by atoms with Crippen LogP contribution in [-0.4, -0.2) is 62.1 Å². The molecule has 0 aliphatic rings. The lowest BCUT2D eigenvalue weighted by Gasteiger charge is -2.20. The number of phosphoric ester groups is 1. The summed E-state index contributed by atoms with van der Waals surface area (Å²) in [5.41, 5.74) is 0. The molecule has 0 fully saturated rings. The second-order valence-corrected chi connectivity index (χ2v) is 13.5. The molecule has 46 heavy (non-hydrogen) atoms. The molecule has 8 nitrogen and oxygen atoms in total. The van der Waals surface area contributed by atoms with Gasteiger partial charge in [-0.25, -0.2) is 4.57 Å². The number of phosphoric acid groups is 1. The molecule has 2 aromatic carbocycles. The molecular formula is C37H63O8P. The van der Waals surface area contributed by atoms with E-state index in [-0.39, 0.29) is 19.3 Å². The fourth-order valence-electron chi connectivity index (χ4n) is 5.62. The molecule has 1 unspecified atom stereocenters. The van der Waals surface area contributed by atoms with Gasteiger partial charge in [0.15, 0.2) is 0 Å². The number of fused-ring (bicyclic) bond motifs is 1. The summed E-state index contributed by atoms with van der Waals surface area (Å²) in [7, 11) is -4.45. The van der Waals surface area contributed by atoms with E-state index in [1.807, 2.05) is 24.3 Å². The van der Waals surface area contributed by atoms with Crippen LogP contribution in [0.5, 0.6) is 5.75 Å². The van der Waals surface area contributed by atoms with Crippen LogP contribution in [0.2, 0.25) is 0 Å². The molecule has 2 N–H and O–H groups in total. The molecule has 1 atom stereocenters. The summed E-state index contributed by atoms with van der Waals surface area (Å²) in [6.07, 6.45) is 24.1. The van der Waals surface area contributed by atoms with Crippen molar-refractivity contribution in [3.63, 3.8) is 0 Å². The Labute approximate surface area is 279 Å². The molecule has 264 valence electrons. The molecule has 0 radical (unpaired) electrons. The van der Waals surface area contributed by atoms with E-state index in [0.29, 0.717) is 33.0 Å². The van der Waals surface area contributed by atoms with Gasteiger partial charge in [-0.3, -0.25) is 4.52 Å². The van der Waals surface area contributed by atoms with Gasteiger partial charge in [-0.15, -0.1) is 0 Å². The molecule has 0 saturated carbocycles. The van der Waals surface area contributed by atoms with Gasteiger partial charge in [-0.1, -0.05) is 146 Å². The normalized spacial score (nSPS) is 12.6. The zero-order valence-corrected chi connectivity index (χ0v) is 29.5. The third-order valence-electron chi connectivity index (χ3n) is 8.21. The smallest absolute Gasteiger partial charge is 0.469 e. The second-order valence-electron chi connectivity index (χ2n) is 12.3. The summed E-state index contributed by atoms with van der Waals surface area (Å²) in [5.74, 6) is 0.898. The predicted molar refractivity (Wildman–Crippen MR) is 188 cm³/mol. The zero-order valence-electron chi connectivity index (χ0n) is 28.6. The minimum absolute atomic E-state index is 0.0282. The predicted octanol–water partition coefficient (Wildman–Crippen LogP) is 9.79. The topological polar surface area (TPSA) is 104 Å². The van der Waals surface area contributed by atoms with Gasteiger partial charge < -0.3 is 28.7 Å². The van der Waals surface area contributed by atoms with Gasteiger partial charge in [0.1, 0.15) is 11.9 Å². The Balaban J connectivity index is 1.56. The molecule has 0 saturated heterocycles. The minimum Gasteiger partial charge on any atom is -0.487 e. The second kappa shape index (κ2) is 27.4. The Kier molecular flexibility index (Phi) is 24.3. The fraction of sp³-hybridized carbons (Fsp3) is 0.730.